The Balaban J connectivity index is 1.22. The van der Waals surface area contributed by atoms with E-state index in [-0.39, 0.29) is 11.2 Å². The molecule has 2 aliphatic rings. The van der Waals surface area contributed by atoms with Gasteiger partial charge < -0.3 is 14.2 Å². The van der Waals surface area contributed by atoms with Crippen molar-refractivity contribution < 1.29 is 28.6 Å². The van der Waals surface area contributed by atoms with Crippen LogP contribution in [0.3, 0.4) is 0 Å². The van der Waals surface area contributed by atoms with E-state index in [0.29, 0.717) is 25.2 Å². The van der Waals surface area contributed by atoms with Crippen molar-refractivity contribution in [3.8, 4) is 11.1 Å². The van der Waals surface area contributed by atoms with Crippen LogP contribution in [0.25, 0.3) is 54.2 Å². The van der Waals surface area contributed by atoms with E-state index in [1.807, 2.05) is 30.3 Å². The molecule has 6 nitrogen and oxygen atoms in total. The zero-order valence-electron chi connectivity index (χ0n) is 29.0. The van der Waals surface area contributed by atoms with Gasteiger partial charge >= 0.3 is 17.9 Å². The van der Waals surface area contributed by atoms with E-state index in [1.54, 1.807) is 11.8 Å². The number of rotatable bonds is 6. The molecule has 258 valence electrons. The molecule has 2 unspecified atom stereocenters. The molecule has 2 aliphatic heterocycles. The second-order valence-corrected chi connectivity index (χ2v) is 14.9. The molecular weight excluding hydrogens is 657 g/mol. The maximum Gasteiger partial charge on any atom is 0.347 e. The molecular formula is C44H40O6S. The molecule has 2 saturated heterocycles. The fourth-order valence-electron chi connectivity index (χ4n) is 7.87. The normalized spacial score (nSPS) is 18.4. The van der Waals surface area contributed by atoms with Crippen LogP contribution in [-0.4, -0.2) is 42.5 Å². The van der Waals surface area contributed by atoms with Crippen molar-refractivity contribution in [3.05, 3.63) is 107 Å². The highest BCUT2D eigenvalue weighted by atomic mass is 32.2. The first-order chi connectivity index (χ1) is 24.9. The van der Waals surface area contributed by atoms with E-state index < -0.39 is 18.0 Å². The SMILES string of the molecule is Cc1c2ccccc2c(CSC2CCCCOC2=O)c2ccc(-c3ccc4c(C(=O)OC5CCCCOC5=O)c5ccccc5c(C)c4c3)cc12. The van der Waals surface area contributed by atoms with E-state index in [2.05, 4.69) is 68.4 Å². The minimum Gasteiger partial charge on any atom is -0.465 e. The molecule has 0 saturated carbocycles. The number of hydrogen-bond acceptors (Lipinski definition) is 7. The van der Waals surface area contributed by atoms with Gasteiger partial charge in [-0.3, -0.25) is 4.79 Å². The number of carbonyl (C=O) groups excluding carboxylic acids is 3. The monoisotopic (exact) mass is 696 g/mol. The van der Waals surface area contributed by atoms with Crippen molar-refractivity contribution >= 4 is 72.8 Å². The van der Waals surface area contributed by atoms with Gasteiger partial charge in [0.05, 0.1) is 18.8 Å². The lowest BCUT2D eigenvalue weighted by molar-refractivity contribution is -0.152. The van der Waals surface area contributed by atoms with Crippen LogP contribution in [0.15, 0.2) is 84.9 Å². The third-order valence-electron chi connectivity index (χ3n) is 10.6. The Bertz CT molecular complexity index is 2360. The van der Waals surface area contributed by atoms with Gasteiger partial charge in [-0.2, -0.15) is 0 Å². The van der Waals surface area contributed by atoms with Crippen LogP contribution in [0.5, 0.6) is 0 Å². The average molecular weight is 697 g/mol. The molecule has 8 rings (SSSR count). The molecule has 2 atom stereocenters. The molecule has 7 heteroatoms. The first-order valence-corrected chi connectivity index (χ1v) is 19.0. The minimum absolute atomic E-state index is 0.0942. The lowest BCUT2D eigenvalue weighted by Gasteiger charge is -2.19. The summed E-state index contributed by atoms with van der Waals surface area (Å²) >= 11 is 1.69. The first-order valence-electron chi connectivity index (χ1n) is 17.9. The second kappa shape index (κ2) is 14.0. The van der Waals surface area contributed by atoms with Crippen LogP contribution < -0.4 is 0 Å². The third kappa shape index (κ3) is 6.22. The average Bonchev–Trinajstić information content (AvgIpc) is 3.49. The van der Waals surface area contributed by atoms with Crippen LogP contribution in [-0.2, 0) is 29.6 Å². The van der Waals surface area contributed by atoms with E-state index in [1.165, 1.54) is 32.7 Å². The number of ether oxygens (including phenoxy) is 3. The topological polar surface area (TPSA) is 78.9 Å². The fourth-order valence-corrected chi connectivity index (χ4v) is 9.08. The molecule has 0 radical (unpaired) electrons. The Morgan fingerprint density at radius 2 is 1.18 bits per heavy atom. The summed E-state index contributed by atoms with van der Waals surface area (Å²) in [6.45, 7) is 5.15. The maximum absolute atomic E-state index is 13.9. The quantitative estimate of drug-likeness (QED) is 0.0974. The van der Waals surface area contributed by atoms with Gasteiger partial charge in [0.15, 0.2) is 6.10 Å². The number of hydrogen-bond donors (Lipinski definition) is 0. The first kappa shape index (κ1) is 33.3. The largest absolute Gasteiger partial charge is 0.465 e. The predicted molar refractivity (Wildman–Crippen MR) is 205 cm³/mol. The third-order valence-corrected chi connectivity index (χ3v) is 11.9. The highest BCUT2D eigenvalue weighted by Gasteiger charge is 2.29. The van der Waals surface area contributed by atoms with Crippen molar-refractivity contribution in [2.75, 3.05) is 13.2 Å². The second-order valence-electron chi connectivity index (χ2n) is 13.7. The summed E-state index contributed by atoms with van der Waals surface area (Å²) in [4.78, 5) is 39.2. The molecule has 0 aliphatic carbocycles. The number of carbonyl (C=O) groups is 3. The molecule has 6 aromatic rings. The Labute approximate surface area is 301 Å². The van der Waals surface area contributed by atoms with Gasteiger partial charge in [0, 0.05) is 5.75 Å². The summed E-state index contributed by atoms with van der Waals surface area (Å²) in [6, 6.07) is 29.3. The van der Waals surface area contributed by atoms with Crippen molar-refractivity contribution in [2.45, 2.75) is 69.5 Å². The number of benzene rings is 6. The van der Waals surface area contributed by atoms with Crippen molar-refractivity contribution in [1.82, 2.24) is 0 Å². The molecule has 2 fully saturated rings. The molecule has 51 heavy (non-hydrogen) atoms. The van der Waals surface area contributed by atoms with E-state index in [4.69, 9.17) is 14.2 Å². The lowest BCUT2D eigenvalue weighted by Crippen LogP contribution is -2.28. The smallest absolute Gasteiger partial charge is 0.347 e. The van der Waals surface area contributed by atoms with E-state index >= 15 is 0 Å². The van der Waals surface area contributed by atoms with Gasteiger partial charge in [-0.05, 0) is 135 Å². The van der Waals surface area contributed by atoms with Crippen LogP contribution in [0, 0.1) is 13.8 Å². The van der Waals surface area contributed by atoms with Crippen LogP contribution in [0.4, 0.5) is 0 Å². The van der Waals surface area contributed by atoms with Crippen LogP contribution in [0.1, 0.15) is 65.6 Å². The number of esters is 3. The minimum atomic E-state index is -0.907. The van der Waals surface area contributed by atoms with Gasteiger partial charge in [0.1, 0.15) is 5.25 Å². The lowest BCUT2D eigenvalue weighted by atomic mass is 9.88. The van der Waals surface area contributed by atoms with Crippen molar-refractivity contribution in [2.24, 2.45) is 0 Å². The fraction of sp³-hybridized carbons (Fsp3) is 0.295. The zero-order valence-corrected chi connectivity index (χ0v) is 29.8. The van der Waals surface area contributed by atoms with Gasteiger partial charge in [-0.15, -0.1) is 11.8 Å². The highest BCUT2D eigenvalue weighted by Crippen LogP contribution is 2.40. The van der Waals surface area contributed by atoms with Gasteiger partial charge in [0.25, 0.3) is 0 Å². The Morgan fingerprint density at radius 3 is 1.88 bits per heavy atom. The van der Waals surface area contributed by atoms with E-state index in [0.717, 1.165) is 76.1 Å². The maximum atomic E-state index is 13.9. The molecule has 6 aromatic carbocycles. The molecule has 2 heterocycles. The molecule has 0 bridgehead atoms. The van der Waals surface area contributed by atoms with Gasteiger partial charge in [-0.1, -0.05) is 72.8 Å². The summed E-state index contributed by atoms with van der Waals surface area (Å²) in [5, 5.41) is 8.18. The molecule has 0 N–H and O–H groups in total. The zero-order chi connectivity index (χ0) is 35.1. The van der Waals surface area contributed by atoms with Gasteiger partial charge in [-0.25, -0.2) is 9.59 Å². The van der Waals surface area contributed by atoms with Crippen LogP contribution in [0.2, 0.25) is 0 Å². The van der Waals surface area contributed by atoms with Crippen LogP contribution >= 0.6 is 11.8 Å². The van der Waals surface area contributed by atoms with Crippen molar-refractivity contribution in [3.63, 3.8) is 0 Å². The standard InChI is InChI=1S/C44H40O6S/c1-26-30-11-3-5-13-32(30)38(25-51-40-16-8-10-22-49-43(40)46)33-19-17-28(23-36(26)33)29-18-20-35-37(24-29)27(2)31-12-4-6-14-34(31)41(35)44(47)50-39-15-7-9-21-48-42(39)45/h3-6,11-14,17-20,23-24,39-40H,7-10,15-16,21-22,25H2,1-2H3. The Kier molecular flexibility index (Phi) is 9.15. The number of thioether (sulfide) groups is 1. The van der Waals surface area contributed by atoms with Crippen molar-refractivity contribution in [1.29, 1.82) is 0 Å². The van der Waals surface area contributed by atoms with E-state index in [9.17, 15) is 14.4 Å². The highest BCUT2D eigenvalue weighted by molar-refractivity contribution is 7.99. The summed E-state index contributed by atoms with van der Waals surface area (Å²) < 4.78 is 16.7. The summed E-state index contributed by atoms with van der Waals surface area (Å²) in [5.41, 5.74) is 6.12. The summed E-state index contributed by atoms with van der Waals surface area (Å²) in [6.07, 6.45) is 3.85. The molecule has 0 spiro atoms. The summed E-state index contributed by atoms with van der Waals surface area (Å²) in [5.74, 6) is -0.362. The molecule has 0 amide bonds. The molecule has 0 aromatic heterocycles. The summed E-state index contributed by atoms with van der Waals surface area (Å²) in [7, 11) is 0. The Morgan fingerprint density at radius 1 is 0.647 bits per heavy atom. The number of fused-ring (bicyclic) bond motifs is 4. The number of cyclic esters (lactones) is 2. The number of aryl methyl sites for hydroxylation is 2. The van der Waals surface area contributed by atoms with Gasteiger partial charge in [0.2, 0.25) is 0 Å². The predicted octanol–water partition coefficient (Wildman–Crippen LogP) is 10.2. The Hall–Kier alpha value is -4.88.